The lowest BCUT2D eigenvalue weighted by atomic mass is 10.0. The van der Waals surface area contributed by atoms with Crippen LogP contribution in [0.25, 0.3) is 0 Å². The fourth-order valence-corrected chi connectivity index (χ4v) is 3.48. The van der Waals surface area contributed by atoms with Crippen molar-refractivity contribution in [1.82, 2.24) is 10.2 Å². The Hall–Kier alpha value is -2.88. The van der Waals surface area contributed by atoms with Gasteiger partial charge in [0.05, 0.1) is 38.0 Å². The Kier molecular flexibility index (Phi) is 7.62. The number of morpholine rings is 1. The molecule has 0 radical (unpaired) electrons. The highest BCUT2D eigenvalue weighted by atomic mass is 16.5. The van der Waals surface area contributed by atoms with Crippen LogP contribution in [-0.4, -0.2) is 50.8 Å². The van der Waals surface area contributed by atoms with Crippen LogP contribution < -0.4 is 10.1 Å². The Morgan fingerprint density at radius 1 is 1.17 bits per heavy atom. The van der Waals surface area contributed by atoms with Gasteiger partial charge in [-0.15, -0.1) is 0 Å². The molecule has 0 aromatic heterocycles. The first-order chi connectivity index (χ1) is 14.2. The zero-order valence-electron chi connectivity index (χ0n) is 16.8. The summed E-state index contributed by atoms with van der Waals surface area (Å²) in [5.41, 5.74) is 2.84. The molecule has 152 valence electrons. The number of aryl methyl sites for hydroxylation is 1. The van der Waals surface area contributed by atoms with Gasteiger partial charge in [0.25, 0.3) is 0 Å². The highest BCUT2D eigenvalue weighted by Crippen LogP contribution is 2.23. The average Bonchev–Trinajstić information content (AvgIpc) is 2.79. The minimum absolute atomic E-state index is 0.0288. The molecular weight excluding hydrogens is 366 g/mol. The molecule has 0 spiro atoms. The summed E-state index contributed by atoms with van der Waals surface area (Å²) >= 11 is 0. The number of nitrogens with one attached hydrogen (secondary N) is 1. The summed E-state index contributed by atoms with van der Waals surface area (Å²) in [6.45, 7) is 3.66. The lowest BCUT2D eigenvalue weighted by Crippen LogP contribution is -2.43. The van der Waals surface area contributed by atoms with E-state index in [1.807, 2.05) is 24.3 Å². The number of nitriles is 1. The van der Waals surface area contributed by atoms with Crippen molar-refractivity contribution >= 4 is 5.91 Å². The van der Waals surface area contributed by atoms with Gasteiger partial charge in [-0.1, -0.05) is 24.3 Å². The molecule has 1 aliphatic heterocycles. The smallest absolute Gasteiger partial charge is 0.220 e. The van der Waals surface area contributed by atoms with E-state index in [4.69, 9.17) is 14.7 Å². The predicted molar refractivity (Wildman–Crippen MR) is 111 cm³/mol. The van der Waals surface area contributed by atoms with Crippen LogP contribution in [0.4, 0.5) is 0 Å². The molecule has 1 atom stereocenters. The van der Waals surface area contributed by atoms with Crippen LogP contribution in [0, 0.1) is 11.3 Å². The molecule has 2 aromatic carbocycles. The first kappa shape index (κ1) is 20.8. The number of nitrogens with zero attached hydrogens (tertiary/aromatic N) is 2. The molecule has 0 aliphatic carbocycles. The highest BCUT2D eigenvalue weighted by molar-refractivity contribution is 5.76. The third kappa shape index (κ3) is 6.05. The van der Waals surface area contributed by atoms with Crippen molar-refractivity contribution in [1.29, 1.82) is 5.26 Å². The maximum Gasteiger partial charge on any atom is 0.220 e. The van der Waals surface area contributed by atoms with Crippen LogP contribution in [0.15, 0.2) is 48.5 Å². The summed E-state index contributed by atoms with van der Waals surface area (Å²) in [7, 11) is 1.66. The van der Waals surface area contributed by atoms with E-state index in [2.05, 4.69) is 28.4 Å². The molecule has 1 amide bonds. The molecule has 0 saturated carbocycles. The molecule has 0 bridgehead atoms. The van der Waals surface area contributed by atoms with Gasteiger partial charge in [-0.3, -0.25) is 9.69 Å². The molecule has 1 fully saturated rings. The number of benzene rings is 2. The minimum Gasteiger partial charge on any atom is -0.497 e. The number of hydrogen-bond acceptors (Lipinski definition) is 5. The van der Waals surface area contributed by atoms with E-state index in [-0.39, 0.29) is 11.9 Å². The Bertz CT molecular complexity index is 822. The van der Waals surface area contributed by atoms with Gasteiger partial charge >= 0.3 is 0 Å². The van der Waals surface area contributed by atoms with Gasteiger partial charge in [0.1, 0.15) is 5.75 Å². The van der Waals surface area contributed by atoms with Crippen molar-refractivity contribution in [3.8, 4) is 11.8 Å². The summed E-state index contributed by atoms with van der Waals surface area (Å²) in [5.74, 6) is 0.849. The molecule has 1 aliphatic rings. The number of methoxy groups -OCH3 is 1. The second-order valence-corrected chi connectivity index (χ2v) is 7.05. The van der Waals surface area contributed by atoms with Crippen molar-refractivity contribution < 1.29 is 14.3 Å². The lowest BCUT2D eigenvalue weighted by molar-refractivity contribution is -0.121. The van der Waals surface area contributed by atoms with Crippen molar-refractivity contribution in [3.63, 3.8) is 0 Å². The van der Waals surface area contributed by atoms with Crippen LogP contribution >= 0.6 is 0 Å². The SMILES string of the molecule is COc1ccc(C(CNC(=O)CCc2ccc(C#N)cc2)N2CCOCC2)cc1. The molecule has 1 saturated heterocycles. The summed E-state index contributed by atoms with van der Waals surface area (Å²) in [5, 5.41) is 12.0. The van der Waals surface area contributed by atoms with Crippen LogP contribution in [-0.2, 0) is 16.0 Å². The van der Waals surface area contributed by atoms with E-state index in [9.17, 15) is 4.79 Å². The standard InChI is InChI=1S/C23H27N3O3/c1-28-21-9-7-20(8-10-21)22(26-12-14-29-15-13-26)17-25-23(27)11-6-18-2-4-19(16-24)5-3-18/h2-5,7-10,22H,6,11-15,17H2,1H3,(H,25,27). The topological polar surface area (TPSA) is 74.6 Å². The van der Waals surface area contributed by atoms with Crippen molar-refractivity contribution in [2.45, 2.75) is 18.9 Å². The van der Waals surface area contributed by atoms with Crippen molar-refractivity contribution in [3.05, 3.63) is 65.2 Å². The number of ether oxygens (including phenoxy) is 2. The molecule has 1 heterocycles. The normalized spacial score (nSPS) is 15.3. The second-order valence-electron chi connectivity index (χ2n) is 7.05. The van der Waals surface area contributed by atoms with E-state index in [1.165, 1.54) is 0 Å². The average molecular weight is 393 g/mol. The van der Waals surface area contributed by atoms with Gasteiger partial charge in [-0.2, -0.15) is 5.26 Å². The Morgan fingerprint density at radius 2 is 1.86 bits per heavy atom. The highest BCUT2D eigenvalue weighted by Gasteiger charge is 2.23. The third-order valence-corrected chi connectivity index (χ3v) is 5.20. The van der Waals surface area contributed by atoms with E-state index in [0.717, 1.165) is 30.0 Å². The Balaban J connectivity index is 1.57. The molecule has 6 nitrogen and oxygen atoms in total. The molecular formula is C23H27N3O3. The van der Waals surface area contributed by atoms with E-state index < -0.39 is 0 Å². The second kappa shape index (κ2) is 10.6. The van der Waals surface area contributed by atoms with Crippen LogP contribution in [0.3, 0.4) is 0 Å². The van der Waals surface area contributed by atoms with Gasteiger partial charge in [0.15, 0.2) is 0 Å². The van der Waals surface area contributed by atoms with Gasteiger partial charge in [-0.05, 0) is 41.8 Å². The summed E-state index contributed by atoms with van der Waals surface area (Å²) in [4.78, 5) is 14.8. The largest absolute Gasteiger partial charge is 0.497 e. The molecule has 6 heteroatoms. The molecule has 1 unspecified atom stereocenters. The van der Waals surface area contributed by atoms with Gasteiger partial charge < -0.3 is 14.8 Å². The van der Waals surface area contributed by atoms with Crippen LogP contribution in [0.2, 0.25) is 0 Å². The maximum atomic E-state index is 12.4. The zero-order valence-corrected chi connectivity index (χ0v) is 16.8. The van der Waals surface area contributed by atoms with Crippen molar-refractivity contribution in [2.75, 3.05) is 40.0 Å². The third-order valence-electron chi connectivity index (χ3n) is 5.20. The Labute approximate surface area is 172 Å². The number of carbonyl (C=O) groups excluding carboxylic acids is 1. The quantitative estimate of drug-likeness (QED) is 0.746. The maximum absolute atomic E-state index is 12.4. The van der Waals surface area contributed by atoms with Gasteiger partial charge in [0, 0.05) is 26.1 Å². The van der Waals surface area contributed by atoms with Gasteiger partial charge in [-0.25, -0.2) is 0 Å². The molecule has 29 heavy (non-hydrogen) atoms. The van der Waals surface area contributed by atoms with Gasteiger partial charge in [0.2, 0.25) is 5.91 Å². The monoisotopic (exact) mass is 393 g/mol. The number of carbonyl (C=O) groups is 1. The lowest BCUT2D eigenvalue weighted by Gasteiger charge is -2.35. The van der Waals surface area contributed by atoms with E-state index in [1.54, 1.807) is 19.2 Å². The van der Waals surface area contributed by atoms with Crippen LogP contribution in [0.5, 0.6) is 5.75 Å². The number of rotatable bonds is 8. The Morgan fingerprint density at radius 3 is 2.48 bits per heavy atom. The minimum atomic E-state index is 0.0288. The zero-order chi connectivity index (χ0) is 20.5. The number of amides is 1. The molecule has 3 rings (SSSR count). The molecule has 1 N–H and O–H groups in total. The molecule has 2 aromatic rings. The van der Waals surface area contributed by atoms with E-state index in [0.29, 0.717) is 38.2 Å². The number of hydrogen-bond donors (Lipinski definition) is 1. The van der Waals surface area contributed by atoms with Crippen molar-refractivity contribution in [2.24, 2.45) is 0 Å². The predicted octanol–water partition coefficient (Wildman–Crippen LogP) is 2.69. The summed E-state index contributed by atoms with van der Waals surface area (Å²) in [6.07, 6.45) is 1.08. The first-order valence-electron chi connectivity index (χ1n) is 9.91. The summed E-state index contributed by atoms with van der Waals surface area (Å²) < 4.78 is 10.7. The first-order valence-corrected chi connectivity index (χ1v) is 9.91. The summed E-state index contributed by atoms with van der Waals surface area (Å²) in [6, 6.07) is 17.6. The fraction of sp³-hybridized carbons (Fsp3) is 0.391. The van der Waals surface area contributed by atoms with Crippen LogP contribution in [0.1, 0.15) is 29.2 Å². The fourth-order valence-electron chi connectivity index (χ4n) is 3.48. The van der Waals surface area contributed by atoms with E-state index >= 15 is 0 Å².